The molecular formula is C15H19NO3. The van der Waals surface area contributed by atoms with Crippen LogP contribution in [-0.2, 0) is 4.79 Å². The van der Waals surface area contributed by atoms with Crippen LogP contribution in [0.3, 0.4) is 0 Å². The van der Waals surface area contributed by atoms with Gasteiger partial charge in [0.2, 0.25) is 5.91 Å². The van der Waals surface area contributed by atoms with Gasteiger partial charge in [-0.25, -0.2) is 0 Å². The summed E-state index contributed by atoms with van der Waals surface area (Å²) in [5.74, 6) is 0.521. The fourth-order valence-corrected chi connectivity index (χ4v) is 2.94. The van der Waals surface area contributed by atoms with E-state index in [2.05, 4.69) is 5.32 Å². The van der Waals surface area contributed by atoms with E-state index in [-0.39, 0.29) is 17.9 Å². The van der Waals surface area contributed by atoms with Gasteiger partial charge in [-0.2, -0.15) is 0 Å². The molecule has 3 rings (SSSR count). The van der Waals surface area contributed by atoms with E-state index in [0.29, 0.717) is 6.61 Å². The lowest BCUT2D eigenvalue weighted by Gasteiger charge is -2.29. The van der Waals surface area contributed by atoms with Crippen LogP contribution < -0.4 is 10.1 Å². The Kier molecular flexibility index (Phi) is 3.42. The minimum atomic E-state index is -0.407. The van der Waals surface area contributed by atoms with Crippen molar-refractivity contribution in [3.63, 3.8) is 0 Å². The second-order valence-corrected chi connectivity index (χ2v) is 5.37. The third kappa shape index (κ3) is 2.45. The molecule has 4 nitrogen and oxygen atoms in total. The van der Waals surface area contributed by atoms with E-state index in [1.54, 1.807) is 0 Å². The molecule has 4 heteroatoms. The Morgan fingerprint density at radius 3 is 2.89 bits per heavy atom. The molecule has 1 fully saturated rings. The molecular weight excluding hydrogens is 242 g/mol. The molecule has 0 aromatic heterocycles. The molecule has 0 saturated heterocycles. The zero-order valence-electron chi connectivity index (χ0n) is 10.8. The molecule has 1 heterocycles. The van der Waals surface area contributed by atoms with Gasteiger partial charge in [-0.1, -0.05) is 31.0 Å². The van der Waals surface area contributed by atoms with E-state index >= 15 is 0 Å². The smallest absolute Gasteiger partial charge is 0.231 e. The normalized spacial score (nSPS) is 29.4. The van der Waals surface area contributed by atoms with Crippen molar-refractivity contribution >= 4 is 5.91 Å². The molecule has 1 aromatic carbocycles. The van der Waals surface area contributed by atoms with E-state index in [9.17, 15) is 9.90 Å². The van der Waals surface area contributed by atoms with Crippen LogP contribution >= 0.6 is 0 Å². The van der Waals surface area contributed by atoms with Crippen molar-refractivity contribution < 1.29 is 14.6 Å². The topological polar surface area (TPSA) is 58.6 Å². The monoisotopic (exact) mass is 261 g/mol. The molecule has 1 aliphatic carbocycles. The largest absolute Gasteiger partial charge is 0.492 e. The van der Waals surface area contributed by atoms with E-state index < -0.39 is 6.10 Å². The molecule has 2 N–H and O–H groups in total. The van der Waals surface area contributed by atoms with Crippen molar-refractivity contribution in [3.05, 3.63) is 29.8 Å². The van der Waals surface area contributed by atoms with Crippen molar-refractivity contribution in [2.75, 3.05) is 6.61 Å². The summed E-state index contributed by atoms with van der Waals surface area (Å²) in [5, 5.41) is 12.9. The summed E-state index contributed by atoms with van der Waals surface area (Å²) in [7, 11) is 0. The van der Waals surface area contributed by atoms with Gasteiger partial charge in [-0.05, 0) is 18.9 Å². The number of aliphatic hydroxyl groups excluding tert-OH is 1. The maximum Gasteiger partial charge on any atom is 0.231 e. The van der Waals surface area contributed by atoms with Crippen molar-refractivity contribution in [3.8, 4) is 5.75 Å². The molecule has 102 valence electrons. The fourth-order valence-electron chi connectivity index (χ4n) is 2.94. The Bertz CT molecular complexity index is 474. The second kappa shape index (κ2) is 5.21. The van der Waals surface area contributed by atoms with Crippen LogP contribution in [0.2, 0.25) is 0 Å². The number of para-hydroxylation sites is 1. The Morgan fingerprint density at radius 1 is 1.26 bits per heavy atom. The molecule has 0 spiro atoms. The highest BCUT2D eigenvalue weighted by molar-refractivity contribution is 5.85. The summed E-state index contributed by atoms with van der Waals surface area (Å²) in [4.78, 5) is 12.3. The number of carbonyl (C=O) groups excluding carboxylic acids is 1. The molecule has 1 unspecified atom stereocenters. The van der Waals surface area contributed by atoms with E-state index in [0.717, 1.165) is 37.0 Å². The lowest BCUT2D eigenvalue weighted by molar-refractivity contribution is -0.124. The van der Waals surface area contributed by atoms with Gasteiger partial charge in [0.05, 0.1) is 12.1 Å². The van der Waals surface area contributed by atoms with Crippen molar-refractivity contribution in [1.82, 2.24) is 5.32 Å². The van der Waals surface area contributed by atoms with Gasteiger partial charge in [0.25, 0.3) is 0 Å². The standard InChI is InChI=1S/C15H19NO3/c17-13-7-3-2-6-12(13)16-15(18)11-9-19-14-8-4-1-5-10(11)14/h1,4-5,8,11-13,17H,2-3,6-7,9H2,(H,16,18)/t11?,12-,13-/m1/s1. The molecule has 1 aromatic rings. The predicted octanol–water partition coefficient (Wildman–Crippen LogP) is 1.58. The zero-order chi connectivity index (χ0) is 13.2. The SMILES string of the molecule is O=C(N[C@@H]1CCCC[C@H]1O)C1COc2ccccc21. The van der Waals surface area contributed by atoms with Gasteiger partial charge in [0.1, 0.15) is 18.3 Å². The highest BCUT2D eigenvalue weighted by Crippen LogP contribution is 2.33. The van der Waals surface area contributed by atoms with Crippen LogP contribution in [0, 0.1) is 0 Å². The van der Waals surface area contributed by atoms with E-state index in [4.69, 9.17) is 4.74 Å². The average molecular weight is 261 g/mol. The molecule has 1 aliphatic heterocycles. The van der Waals surface area contributed by atoms with E-state index in [1.807, 2.05) is 24.3 Å². The number of rotatable bonds is 2. The Hall–Kier alpha value is -1.55. The first-order valence-electron chi connectivity index (χ1n) is 6.96. The maximum atomic E-state index is 12.3. The number of aliphatic hydroxyl groups is 1. The zero-order valence-corrected chi connectivity index (χ0v) is 10.8. The van der Waals surface area contributed by atoms with E-state index in [1.165, 1.54) is 0 Å². The average Bonchev–Trinajstić information content (AvgIpc) is 2.85. The van der Waals surface area contributed by atoms with Crippen LogP contribution in [0.4, 0.5) is 0 Å². The third-order valence-electron chi connectivity index (χ3n) is 4.07. The molecule has 2 aliphatic rings. The summed E-state index contributed by atoms with van der Waals surface area (Å²) in [5.41, 5.74) is 0.949. The summed E-state index contributed by atoms with van der Waals surface area (Å²) in [6.07, 6.45) is 3.35. The highest BCUT2D eigenvalue weighted by Gasteiger charge is 2.33. The second-order valence-electron chi connectivity index (χ2n) is 5.37. The molecule has 0 bridgehead atoms. The number of benzene rings is 1. The van der Waals surface area contributed by atoms with Crippen molar-refractivity contribution in [2.24, 2.45) is 0 Å². The van der Waals surface area contributed by atoms with Crippen LogP contribution in [-0.4, -0.2) is 29.8 Å². The lowest BCUT2D eigenvalue weighted by Crippen LogP contribution is -2.46. The Morgan fingerprint density at radius 2 is 2.05 bits per heavy atom. The molecule has 3 atom stereocenters. The predicted molar refractivity (Wildman–Crippen MR) is 71.1 cm³/mol. The minimum absolute atomic E-state index is 0.0316. The van der Waals surface area contributed by atoms with Gasteiger partial charge in [0, 0.05) is 5.56 Å². The van der Waals surface area contributed by atoms with Gasteiger partial charge < -0.3 is 15.2 Å². The summed E-state index contributed by atoms with van der Waals surface area (Å²) in [6, 6.07) is 7.55. The quantitative estimate of drug-likeness (QED) is 0.850. The maximum absolute atomic E-state index is 12.3. The Labute approximate surface area is 112 Å². The number of fused-ring (bicyclic) bond motifs is 1. The number of nitrogens with one attached hydrogen (secondary N) is 1. The number of hydrogen-bond acceptors (Lipinski definition) is 3. The summed E-state index contributed by atoms with van der Waals surface area (Å²) >= 11 is 0. The minimum Gasteiger partial charge on any atom is -0.492 e. The van der Waals surface area contributed by atoms with Crippen LogP contribution in [0.1, 0.15) is 37.2 Å². The fraction of sp³-hybridized carbons (Fsp3) is 0.533. The molecule has 0 radical (unpaired) electrons. The number of carbonyl (C=O) groups is 1. The van der Waals surface area contributed by atoms with Crippen molar-refractivity contribution in [2.45, 2.75) is 43.7 Å². The van der Waals surface area contributed by atoms with Gasteiger partial charge >= 0.3 is 0 Å². The van der Waals surface area contributed by atoms with Crippen LogP contribution in [0.15, 0.2) is 24.3 Å². The van der Waals surface area contributed by atoms with Crippen LogP contribution in [0.5, 0.6) is 5.75 Å². The highest BCUT2D eigenvalue weighted by atomic mass is 16.5. The van der Waals surface area contributed by atoms with Gasteiger partial charge in [-0.3, -0.25) is 4.79 Å². The Balaban J connectivity index is 1.68. The summed E-state index contributed by atoms with van der Waals surface area (Å²) in [6.45, 7) is 0.397. The van der Waals surface area contributed by atoms with Gasteiger partial charge in [0.15, 0.2) is 0 Å². The van der Waals surface area contributed by atoms with Crippen LogP contribution in [0.25, 0.3) is 0 Å². The summed E-state index contributed by atoms with van der Waals surface area (Å²) < 4.78 is 5.52. The third-order valence-corrected chi connectivity index (χ3v) is 4.07. The van der Waals surface area contributed by atoms with Gasteiger partial charge in [-0.15, -0.1) is 0 Å². The lowest BCUT2D eigenvalue weighted by atomic mass is 9.91. The number of amides is 1. The molecule has 19 heavy (non-hydrogen) atoms. The first kappa shape index (κ1) is 12.5. The number of hydrogen-bond donors (Lipinski definition) is 2. The first-order chi connectivity index (χ1) is 9.25. The molecule has 1 amide bonds. The number of ether oxygens (including phenoxy) is 1. The van der Waals surface area contributed by atoms with Crippen molar-refractivity contribution in [1.29, 1.82) is 0 Å². The first-order valence-corrected chi connectivity index (χ1v) is 6.96. The molecule has 1 saturated carbocycles.